The number of rotatable bonds is 6. The molecule has 2 N–H and O–H groups in total. The molecule has 7 heteroatoms. The summed E-state index contributed by atoms with van der Waals surface area (Å²) in [4.78, 5) is 4.31. The lowest BCUT2D eigenvalue weighted by atomic mass is 9.93. The molecule has 7 nitrogen and oxygen atoms in total. The predicted octanol–water partition coefficient (Wildman–Crippen LogP) is 1.91. The van der Waals surface area contributed by atoms with E-state index in [-0.39, 0.29) is 19.0 Å². The van der Waals surface area contributed by atoms with Crippen LogP contribution in [0.2, 0.25) is 0 Å². The molecule has 3 unspecified atom stereocenters. The monoisotopic (exact) mass is 340 g/mol. The zero-order chi connectivity index (χ0) is 18.3. The summed E-state index contributed by atoms with van der Waals surface area (Å²) in [6, 6.07) is 11.8. The van der Waals surface area contributed by atoms with Crippen LogP contribution < -0.4 is 10.5 Å². The van der Waals surface area contributed by atoms with Crippen LogP contribution in [-0.2, 0) is 9.47 Å². The maximum atomic E-state index is 10.1. The van der Waals surface area contributed by atoms with Gasteiger partial charge in [0.15, 0.2) is 5.41 Å². The molecule has 0 saturated heterocycles. The number of aliphatic imine (C=N–C) groups is 1. The average molecular weight is 340 g/mol. The number of fused-ring (bicyclic) bond motifs is 1. The SMILES string of the molecule is CCOC1(OCC)N=C(N)C2(C#N)C(c3cccc(OC)c3)C12C#N. The second-order valence-corrected chi connectivity index (χ2v) is 5.99. The molecule has 1 aliphatic carbocycles. The van der Waals surface area contributed by atoms with Crippen LogP contribution in [0.5, 0.6) is 5.75 Å². The van der Waals surface area contributed by atoms with Gasteiger partial charge in [0.1, 0.15) is 17.0 Å². The van der Waals surface area contributed by atoms with Crippen molar-refractivity contribution in [3.8, 4) is 17.9 Å². The van der Waals surface area contributed by atoms with Crippen molar-refractivity contribution in [3.05, 3.63) is 29.8 Å². The number of hydrogen-bond donors (Lipinski definition) is 1. The fraction of sp³-hybridized carbons (Fsp3) is 0.500. The first-order valence-corrected chi connectivity index (χ1v) is 8.13. The number of benzene rings is 1. The van der Waals surface area contributed by atoms with E-state index in [4.69, 9.17) is 19.9 Å². The zero-order valence-corrected chi connectivity index (χ0v) is 14.4. The van der Waals surface area contributed by atoms with Gasteiger partial charge in [0.25, 0.3) is 5.91 Å². The normalized spacial score (nSPS) is 31.4. The van der Waals surface area contributed by atoms with Crippen LogP contribution in [-0.4, -0.2) is 32.1 Å². The highest BCUT2D eigenvalue weighted by atomic mass is 16.7. The molecule has 1 saturated carbocycles. The highest BCUT2D eigenvalue weighted by molar-refractivity contribution is 6.00. The van der Waals surface area contributed by atoms with Crippen molar-refractivity contribution in [1.82, 2.24) is 0 Å². The molecule has 130 valence electrons. The minimum Gasteiger partial charge on any atom is -0.497 e. The quantitative estimate of drug-likeness (QED) is 0.791. The molecule has 0 amide bonds. The Labute approximate surface area is 146 Å². The molecule has 3 atom stereocenters. The van der Waals surface area contributed by atoms with Gasteiger partial charge in [-0.3, -0.25) is 0 Å². The molecule has 1 aliphatic heterocycles. The van der Waals surface area contributed by atoms with Crippen molar-refractivity contribution in [2.45, 2.75) is 25.7 Å². The van der Waals surface area contributed by atoms with Crippen LogP contribution in [0.25, 0.3) is 0 Å². The Morgan fingerprint density at radius 2 is 1.88 bits per heavy atom. The fourth-order valence-electron chi connectivity index (χ4n) is 4.07. The second kappa shape index (κ2) is 5.73. The molecule has 0 spiro atoms. The molecule has 1 fully saturated rings. The van der Waals surface area contributed by atoms with E-state index in [2.05, 4.69) is 17.1 Å². The lowest BCUT2D eigenvalue weighted by molar-refractivity contribution is -0.255. The first-order valence-electron chi connectivity index (χ1n) is 8.13. The molecule has 1 aromatic carbocycles. The maximum absolute atomic E-state index is 10.1. The summed E-state index contributed by atoms with van der Waals surface area (Å²) in [5.41, 5.74) is 4.30. The van der Waals surface area contributed by atoms with Gasteiger partial charge in [0, 0.05) is 19.1 Å². The number of nitrogens with two attached hydrogens (primary N) is 1. The molecule has 0 aromatic heterocycles. The summed E-state index contributed by atoms with van der Waals surface area (Å²) in [7, 11) is 1.56. The Kier molecular flexibility index (Phi) is 3.95. The minimum atomic E-state index is -1.58. The van der Waals surface area contributed by atoms with Crippen molar-refractivity contribution >= 4 is 5.84 Å². The highest BCUT2D eigenvalue weighted by Crippen LogP contribution is 2.82. The van der Waals surface area contributed by atoms with Gasteiger partial charge in [-0.25, -0.2) is 4.99 Å². The minimum absolute atomic E-state index is 0.0752. The second-order valence-electron chi connectivity index (χ2n) is 5.99. The first-order chi connectivity index (χ1) is 12.0. The number of methoxy groups -OCH3 is 1. The van der Waals surface area contributed by atoms with Crippen LogP contribution in [0.1, 0.15) is 25.3 Å². The summed E-state index contributed by atoms with van der Waals surface area (Å²) in [5.74, 6) is -1.39. The number of nitriles is 2. The van der Waals surface area contributed by atoms with Crippen molar-refractivity contribution < 1.29 is 14.2 Å². The smallest absolute Gasteiger partial charge is 0.293 e. The van der Waals surface area contributed by atoms with Gasteiger partial charge in [-0.2, -0.15) is 10.5 Å². The molecule has 1 heterocycles. The third kappa shape index (κ3) is 1.82. The number of ether oxygens (including phenoxy) is 3. The van der Waals surface area contributed by atoms with Gasteiger partial charge in [0.2, 0.25) is 0 Å². The largest absolute Gasteiger partial charge is 0.497 e. The van der Waals surface area contributed by atoms with Crippen LogP contribution >= 0.6 is 0 Å². The summed E-state index contributed by atoms with van der Waals surface area (Å²) in [5, 5.41) is 20.1. The number of amidine groups is 1. The van der Waals surface area contributed by atoms with E-state index in [9.17, 15) is 10.5 Å². The van der Waals surface area contributed by atoms with Crippen LogP contribution in [0.3, 0.4) is 0 Å². The summed E-state index contributed by atoms with van der Waals surface area (Å²) >= 11 is 0. The topological polar surface area (TPSA) is 114 Å². The van der Waals surface area contributed by atoms with E-state index in [1.807, 2.05) is 12.1 Å². The Balaban J connectivity index is 2.21. The molecule has 3 rings (SSSR count). The molecular formula is C18H20N4O3. The van der Waals surface area contributed by atoms with E-state index >= 15 is 0 Å². The lowest BCUT2D eigenvalue weighted by Gasteiger charge is -2.31. The summed E-state index contributed by atoms with van der Waals surface area (Å²) in [6.07, 6.45) is 0. The number of nitrogens with zero attached hydrogens (tertiary/aromatic N) is 3. The molecule has 2 aliphatic rings. The van der Waals surface area contributed by atoms with E-state index < -0.39 is 22.7 Å². The predicted molar refractivity (Wildman–Crippen MR) is 89.4 cm³/mol. The highest BCUT2D eigenvalue weighted by Gasteiger charge is 2.93. The van der Waals surface area contributed by atoms with Gasteiger partial charge in [-0.05, 0) is 31.5 Å². The van der Waals surface area contributed by atoms with E-state index in [1.165, 1.54) is 0 Å². The molecular weight excluding hydrogens is 320 g/mol. The number of hydrogen-bond acceptors (Lipinski definition) is 7. The van der Waals surface area contributed by atoms with Crippen LogP contribution in [0, 0.1) is 33.5 Å². The van der Waals surface area contributed by atoms with Gasteiger partial charge < -0.3 is 19.9 Å². The Hall–Kier alpha value is -2.61. The standard InChI is InChI=1S/C18H20N4O3/c1-4-24-18(25-5-2)17(11-20)14(16(17,10-19)15(21)22-18)12-7-6-8-13(9-12)23-3/h6-9,14H,4-5H2,1-3H3,(H2,21,22). The Morgan fingerprint density at radius 3 is 2.40 bits per heavy atom. The van der Waals surface area contributed by atoms with Crippen molar-refractivity contribution in [2.24, 2.45) is 21.6 Å². The zero-order valence-electron chi connectivity index (χ0n) is 14.4. The van der Waals surface area contributed by atoms with E-state index in [0.717, 1.165) is 5.56 Å². The first kappa shape index (κ1) is 17.2. The fourth-order valence-corrected chi connectivity index (χ4v) is 4.07. The third-order valence-corrected chi connectivity index (χ3v) is 5.03. The summed E-state index contributed by atoms with van der Waals surface area (Å²) < 4.78 is 16.9. The van der Waals surface area contributed by atoms with Gasteiger partial charge >= 0.3 is 0 Å². The van der Waals surface area contributed by atoms with E-state index in [0.29, 0.717) is 5.75 Å². The third-order valence-electron chi connectivity index (χ3n) is 5.03. The van der Waals surface area contributed by atoms with Crippen molar-refractivity contribution in [2.75, 3.05) is 20.3 Å². The Morgan fingerprint density at radius 1 is 1.20 bits per heavy atom. The Bertz CT molecular complexity index is 803. The molecule has 0 bridgehead atoms. The van der Waals surface area contributed by atoms with Crippen LogP contribution in [0.4, 0.5) is 0 Å². The van der Waals surface area contributed by atoms with Crippen molar-refractivity contribution in [3.63, 3.8) is 0 Å². The molecule has 0 radical (unpaired) electrons. The van der Waals surface area contributed by atoms with Crippen molar-refractivity contribution in [1.29, 1.82) is 10.5 Å². The van der Waals surface area contributed by atoms with Gasteiger partial charge in [0.05, 0.1) is 19.2 Å². The molecule has 25 heavy (non-hydrogen) atoms. The van der Waals surface area contributed by atoms with E-state index in [1.54, 1.807) is 33.1 Å². The average Bonchev–Trinajstić information content (AvgIpc) is 3.21. The summed E-state index contributed by atoms with van der Waals surface area (Å²) in [6.45, 7) is 4.11. The van der Waals surface area contributed by atoms with Gasteiger partial charge in [-0.1, -0.05) is 12.1 Å². The lowest BCUT2D eigenvalue weighted by Crippen LogP contribution is -2.43. The van der Waals surface area contributed by atoms with Crippen LogP contribution in [0.15, 0.2) is 29.3 Å². The van der Waals surface area contributed by atoms with Gasteiger partial charge in [-0.15, -0.1) is 0 Å². The maximum Gasteiger partial charge on any atom is 0.293 e. The molecule has 1 aromatic rings.